The highest BCUT2D eigenvalue weighted by Crippen LogP contribution is 2.23. The number of nitrogens with two attached hydrogens (primary N) is 1. The first-order valence-corrected chi connectivity index (χ1v) is 6.82. The number of rotatable bonds is 5. The molecule has 1 saturated heterocycles. The van der Waals surface area contributed by atoms with Gasteiger partial charge in [-0.3, -0.25) is 4.79 Å². The molecule has 1 aliphatic rings. The third-order valence-electron chi connectivity index (χ3n) is 3.55. The number of hydrogen-bond acceptors (Lipinski definition) is 3. The van der Waals surface area contributed by atoms with Crippen molar-refractivity contribution in [1.82, 2.24) is 5.32 Å². The van der Waals surface area contributed by atoms with Crippen LogP contribution in [0.4, 0.5) is 5.69 Å². The number of carbonyl (C=O) groups is 1. The highest BCUT2D eigenvalue weighted by molar-refractivity contribution is 5.76. The largest absolute Gasteiger partial charge is 0.399 e. The smallest absolute Gasteiger partial charge is 0.220 e. The molecule has 1 fully saturated rings. The number of aryl methyl sites for hydroxylation is 1. The summed E-state index contributed by atoms with van der Waals surface area (Å²) in [5.74, 6) is 0.0687. The molecular weight excluding hydrogens is 240 g/mol. The highest BCUT2D eigenvalue weighted by atomic mass is 16.5. The SMILES string of the molecule is CC1(CNC(=O)CCc2cccc(N)c2)CCCO1. The molecule has 0 radical (unpaired) electrons. The Kier molecular flexibility index (Phi) is 4.43. The fourth-order valence-electron chi connectivity index (χ4n) is 2.36. The molecule has 1 heterocycles. The molecule has 1 aromatic carbocycles. The third kappa shape index (κ3) is 4.24. The van der Waals surface area contributed by atoms with Crippen LogP contribution in [0, 0.1) is 0 Å². The van der Waals surface area contributed by atoms with Gasteiger partial charge in [-0.25, -0.2) is 0 Å². The minimum absolute atomic E-state index is 0.0687. The Balaban J connectivity index is 1.73. The lowest BCUT2D eigenvalue weighted by Crippen LogP contribution is -2.40. The molecule has 2 rings (SSSR count). The predicted molar refractivity (Wildman–Crippen MR) is 75.8 cm³/mol. The van der Waals surface area contributed by atoms with E-state index in [1.807, 2.05) is 24.3 Å². The van der Waals surface area contributed by atoms with Crippen LogP contribution in [0.5, 0.6) is 0 Å². The lowest BCUT2D eigenvalue weighted by molar-refractivity contribution is -0.122. The van der Waals surface area contributed by atoms with Crippen LogP contribution in [-0.2, 0) is 16.0 Å². The number of anilines is 1. The fourth-order valence-corrected chi connectivity index (χ4v) is 2.36. The van der Waals surface area contributed by atoms with Crippen molar-refractivity contribution in [2.45, 2.75) is 38.2 Å². The molecule has 1 aromatic rings. The van der Waals surface area contributed by atoms with Gasteiger partial charge < -0.3 is 15.8 Å². The summed E-state index contributed by atoms with van der Waals surface area (Å²) in [4.78, 5) is 11.8. The second-order valence-electron chi connectivity index (χ2n) is 5.42. The van der Waals surface area contributed by atoms with E-state index in [1.54, 1.807) is 0 Å². The molecule has 0 aliphatic carbocycles. The summed E-state index contributed by atoms with van der Waals surface area (Å²) in [6.07, 6.45) is 3.30. The van der Waals surface area contributed by atoms with Gasteiger partial charge in [0.1, 0.15) is 0 Å². The van der Waals surface area contributed by atoms with Crippen LogP contribution in [0.15, 0.2) is 24.3 Å². The fraction of sp³-hybridized carbons (Fsp3) is 0.533. The zero-order valence-corrected chi connectivity index (χ0v) is 11.4. The molecule has 0 spiro atoms. The molecule has 3 N–H and O–H groups in total. The van der Waals surface area contributed by atoms with E-state index < -0.39 is 0 Å². The summed E-state index contributed by atoms with van der Waals surface area (Å²) in [5, 5.41) is 2.95. The third-order valence-corrected chi connectivity index (χ3v) is 3.55. The minimum Gasteiger partial charge on any atom is -0.399 e. The van der Waals surface area contributed by atoms with Gasteiger partial charge in [-0.15, -0.1) is 0 Å². The first-order chi connectivity index (χ1) is 9.07. The monoisotopic (exact) mass is 262 g/mol. The Morgan fingerprint density at radius 3 is 3.05 bits per heavy atom. The lowest BCUT2D eigenvalue weighted by atomic mass is 10.0. The molecule has 0 bridgehead atoms. The van der Waals surface area contributed by atoms with Gasteiger partial charge in [0, 0.05) is 25.3 Å². The number of amides is 1. The van der Waals surface area contributed by atoms with Gasteiger partial charge in [0.05, 0.1) is 5.60 Å². The second-order valence-corrected chi connectivity index (χ2v) is 5.42. The van der Waals surface area contributed by atoms with E-state index in [0.29, 0.717) is 19.4 Å². The molecule has 4 nitrogen and oxygen atoms in total. The van der Waals surface area contributed by atoms with E-state index >= 15 is 0 Å². The van der Waals surface area contributed by atoms with Crippen molar-refractivity contribution in [2.24, 2.45) is 0 Å². The zero-order chi connectivity index (χ0) is 13.7. The quantitative estimate of drug-likeness (QED) is 0.796. The molecule has 1 amide bonds. The molecule has 104 valence electrons. The van der Waals surface area contributed by atoms with Crippen molar-refractivity contribution in [3.8, 4) is 0 Å². The Labute approximate surface area is 114 Å². The molecule has 19 heavy (non-hydrogen) atoms. The average Bonchev–Trinajstić information content (AvgIpc) is 2.82. The van der Waals surface area contributed by atoms with Gasteiger partial charge in [-0.05, 0) is 43.9 Å². The minimum atomic E-state index is -0.174. The van der Waals surface area contributed by atoms with Gasteiger partial charge in [0.2, 0.25) is 5.91 Å². The first kappa shape index (κ1) is 13.9. The van der Waals surface area contributed by atoms with Crippen molar-refractivity contribution >= 4 is 11.6 Å². The molecule has 4 heteroatoms. The summed E-state index contributed by atoms with van der Waals surface area (Å²) in [7, 11) is 0. The molecular formula is C15H22N2O2. The summed E-state index contributed by atoms with van der Waals surface area (Å²) in [5.41, 5.74) is 7.37. The second kappa shape index (κ2) is 6.06. The first-order valence-electron chi connectivity index (χ1n) is 6.82. The maximum Gasteiger partial charge on any atom is 0.220 e. The van der Waals surface area contributed by atoms with Crippen molar-refractivity contribution in [3.63, 3.8) is 0 Å². The molecule has 1 atom stereocenters. The van der Waals surface area contributed by atoms with E-state index in [2.05, 4.69) is 12.2 Å². The van der Waals surface area contributed by atoms with Crippen LogP contribution < -0.4 is 11.1 Å². The van der Waals surface area contributed by atoms with E-state index in [1.165, 1.54) is 0 Å². The molecule has 1 aliphatic heterocycles. The van der Waals surface area contributed by atoms with Crippen molar-refractivity contribution in [3.05, 3.63) is 29.8 Å². The molecule has 1 unspecified atom stereocenters. The van der Waals surface area contributed by atoms with E-state index in [-0.39, 0.29) is 11.5 Å². The van der Waals surface area contributed by atoms with E-state index in [4.69, 9.17) is 10.5 Å². The van der Waals surface area contributed by atoms with Gasteiger partial charge in [-0.1, -0.05) is 12.1 Å². The Hall–Kier alpha value is -1.55. The Bertz CT molecular complexity index is 440. The van der Waals surface area contributed by atoms with Crippen LogP contribution in [0.3, 0.4) is 0 Å². The van der Waals surface area contributed by atoms with Gasteiger partial charge >= 0.3 is 0 Å². The number of nitrogens with one attached hydrogen (secondary N) is 1. The summed E-state index contributed by atoms with van der Waals surface area (Å²) in [6.45, 7) is 3.45. The number of benzene rings is 1. The van der Waals surface area contributed by atoms with Crippen molar-refractivity contribution in [1.29, 1.82) is 0 Å². The van der Waals surface area contributed by atoms with Crippen LogP contribution >= 0.6 is 0 Å². The van der Waals surface area contributed by atoms with Crippen LogP contribution in [-0.4, -0.2) is 24.7 Å². The summed E-state index contributed by atoms with van der Waals surface area (Å²) in [6, 6.07) is 7.66. The number of ether oxygens (including phenoxy) is 1. The van der Waals surface area contributed by atoms with Crippen LogP contribution in [0.25, 0.3) is 0 Å². The predicted octanol–water partition coefficient (Wildman–Crippen LogP) is 1.89. The number of nitrogen functional groups attached to an aromatic ring is 1. The number of carbonyl (C=O) groups excluding carboxylic acids is 1. The van der Waals surface area contributed by atoms with Crippen LogP contribution in [0.1, 0.15) is 31.7 Å². The number of hydrogen-bond donors (Lipinski definition) is 2. The van der Waals surface area contributed by atoms with Gasteiger partial charge in [0.15, 0.2) is 0 Å². The summed E-state index contributed by atoms with van der Waals surface area (Å²) < 4.78 is 5.64. The van der Waals surface area contributed by atoms with Crippen LogP contribution in [0.2, 0.25) is 0 Å². The van der Waals surface area contributed by atoms with Crippen molar-refractivity contribution in [2.75, 3.05) is 18.9 Å². The average molecular weight is 262 g/mol. The van der Waals surface area contributed by atoms with Crippen molar-refractivity contribution < 1.29 is 9.53 Å². The van der Waals surface area contributed by atoms with E-state index in [9.17, 15) is 4.79 Å². The molecule has 0 saturated carbocycles. The zero-order valence-electron chi connectivity index (χ0n) is 11.4. The lowest BCUT2D eigenvalue weighted by Gasteiger charge is -2.23. The Morgan fingerprint density at radius 1 is 1.53 bits per heavy atom. The Morgan fingerprint density at radius 2 is 2.37 bits per heavy atom. The maximum absolute atomic E-state index is 11.8. The van der Waals surface area contributed by atoms with Gasteiger partial charge in [-0.2, -0.15) is 0 Å². The summed E-state index contributed by atoms with van der Waals surface area (Å²) >= 11 is 0. The normalized spacial score (nSPS) is 22.4. The van der Waals surface area contributed by atoms with Gasteiger partial charge in [0.25, 0.3) is 0 Å². The standard InChI is InChI=1S/C15H22N2O2/c1-15(8-3-9-19-15)11-17-14(18)7-6-12-4-2-5-13(16)10-12/h2,4-5,10H,3,6-9,11,16H2,1H3,(H,17,18). The maximum atomic E-state index is 11.8. The topological polar surface area (TPSA) is 64.4 Å². The highest BCUT2D eigenvalue weighted by Gasteiger charge is 2.29. The molecule has 0 aromatic heterocycles. The van der Waals surface area contributed by atoms with E-state index in [0.717, 1.165) is 30.7 Å².